The van der Waals surface area contributed by atoms with Crippen LogP contribution in [0.3, 0.4) is 0 Å². The monoisotopic (exact) mass is 305 g/mol. The maximum atomic E-state index is 11.8. The molecule has 1 aromatic carbocycles. The molecule has 0 aliphatic rings. The highest BCUT2D eigenvalue weighted by molar-refractivity contribution is 6.37. The zero-order valence-corrected chi connectivity index (χ0v) is 12.6. The lowest BCUT2D eigenvalue weighted by Gasteiger charge is -2.19. The first-order valence-corrected chi connectivity index (χ1v) is 6.52. The minimum Gasteiger partial charge on any atom is -0.460 e. The highest BCUT2D eigenvalue weighted by Gasteiger charge is 2.16. The molecule has 0 saturated heterocycles. The van der Waals surface area contributed by atoms with Gasteiger partial charge < -0.3 is 15.2 Å². The van der Waals surface area contributed by atoms with E-state index in [2.05, 4.69) is 0 Å². The number of rotatable bonds is 4. The second kappa shape index (κ2) is 6.46. The Hall–Kier alpha value is -0.970. The number of carbonyl (C=O) groups excluding carboxylic acids is 1. The van der Waals surface area contributed by atoms with Crippen LogP contribution in [0.25, 0.3) is 0 Å². The van der Waals surface area contributed by atoms with E-state index in [1.54, 1.807) is 0 Å². The summed E-state index contributed by atoms with van der Waals surface area (Å²) in [6.07, 6.45) is 0. The number of anilines is 1. The second-order valence-corrected chi connectivity index (χ2v) is 5.79. The highest BCUT2D eigenvalue weighted by Crippen LogP contribution is 2.28. The van der Waals surface area contributed by atoms with Gasteiger partial charge in [0, 0.05) is 5.02 Å². The Morgan fingerprint density at radius 1 is 1.26 bits per heavy atom. The molecule has 0 aromatic heterocycles. The van der Waals surface area contributed by atoms with Crippen molar-refractivity contribution >= 4 is 34.9 Å². The van der Waals surface area contributed by atoms with Gasteiger partial charge in [-0.2, -0.15) is 0 Å². The normalized spacial score (nSPS) is 11.4. The van der Waals surface area contributed by atoms with E-state index in [1.165, 1.54) is 12.1 Å². The molecule has 106 valence electrons. The van der Waals surface area contributed by atoms with E-state index in [0.717, 1.165) is 0 Å². The standard InChI is InChI=1S/C13H17Cl2NO3/c1-13(2,3)19-5-4-18-12(17)9-6-8(14)7-10(15)11(9)16/h6-7H,4-5,16H2,1-3H3. The number of benzene rings is 1. The van der Waals surface area contributed by atoms with Crippen LogP contribution in [-0.2, 0) is 9.47 Å². The van der Waals surface area contributed by atoms with Crippen molar-refractivity contribution in [1.29, 1.82) is 0 Å². The first kappa shape index (κ1) is 16.1. The number of esters is 1. The summed E-state index contributed by atoms with van der Waals surface area (Å²) in [5.41, 5.74) is 5.75. The maximum Gasteiger partial charge on any atom is 0.340 e. The molecule has 6 heteroatoms. The van der Waals surface area contributed by atoms with Crippen LogP contribution >= 0.6 is 23.2 Å². The molecule has 0 unspecified atom stereocenters. The molecular formula is C13H17Cl2NO3. The van der Waals surface area contributed by atoms with Gasteiger partial charge in [0.05, 0.1) is 28.5 Å². The lowest BCUT2D eigenvalue weighted by molar-refractivity contribution is -0.0281. The first-order valence-electron chi connectivity index (χ1n) is 5.76. The fourth-order valence-electron chi connectivity index (χ4n) is 1.31. The summed E-state index contributed by atoms with van der Waals surface area (Å²) < 4.78 is 10.5. The molecule has 4 nitrogen and oxygen atoms in total. The Kier molecular flexibility index (Phi) is 5.47. The van der Waals surface area contributed by atoms with E-state index >= 15 is 0 Å². The lowest BCUT2D eigenvalue weighted by atomic mass is 10.2. The van der Waals surface area contributed by atoms with Crippen molar-refractivity contribution in [2.45, 2.75) is 26.4 Å². The van der Waals surface area contributed by atoms with Crippen LogP contribution < -0.4 is 5.73 Å². The van der Waals surface area contributed by atoms with Crippen molar-refractivity contribution in [2.75, 3.05) is 18.9 Å². The topological polar surface area (TPSA) is 61.5 Å². The van der Waals surface area contributed by atoms with E-state index in [-0.39, 0.29) is 28.5 Å². The second-order valence-electron chi connectivity index (χ2n) is 4.95. The summed E-state index contributed by atoms with van der Waals surface area (Å²) in [5, 5.41) is 0.558. The SMILES string of the molecule is CC(C)(C)OCCOC(=O)c1cc(Cl)cc(Cl)c1N. The molecule has 19 heavy (non-hydrogen) atoms. The molecule has 0 aliphatic carbocycles. The van der Waals surface area contributed by atoms with Crippen LogP contribution in [0.5, 0.6) is 0 Å². The summed E-state index contributed by atoms with van der Waals surface area (Å²) in [6, 6.07) is 2.90. The third-order valence-electron chi connectivity index (χ3n) is 2.17. The molecule has 0 spiro atoms. The van der Waals surface area contributed by atoms with Crippen LogP contribution in [0.15, 0.2) is 12.1 Å². The summed E-state index contributed by atoms with van der Waals surface area (Å²) in [7, 11) is 0. The van der Waals surface area contributed by atoms with E-state index in [4.69, 9.17) is 38.4 Å². The minimum atomic E-state index is -0.570. The van der Waals surface area contributed by atoms with Gasteiger partial charge in [-0.25, -0.2) is 4.79 Å². The molecule has 0 atom stereocenters. The molecule has 0 bridgehead atoms. The van der Waals surface area contributed by atoms with Crippen molar-refractivity contribution in [3.63, 3.8) is 0 Å². The van der Waals surface area contributed by atoms with Crippen LogP contribution in [0.2, 0.25) is 10.0 Å². The van der Waals surface area contributed by atoms with Gasteiger partial charge in [0.2, 0.25) is 0 Å². The summed E-state index contributed by atoms with van der Waals surface area (Å²) >= 11 is 11.7. The van der Waals surface area contributed by atoms with Crippen LogP contribution in [-0.4, -0.2) is 24.8 Å². The molecule has 2 N–H and O–H groups in total. The quantitative estimate of drug-likeness (QED) is 0.525. The largest absolute Gasteiger partial charge is 0.460 e. The zero-order chi connectivity index (χ0) is 14.6. The van der Waals surface area contributed by atoms with Gasteiger partial charge in [-0.15, -0.1) is 0 Å². The Labute approximate surface area is 122 Å². The van der Waals surface area contributed by atoms with Crippen molar-refractivity contribution in [2.24, 2.45) is 0 Å². The number of nitrogen functional groups attached to an aromatic ring is 1. The van der Waals surface area contributed by atoms with Crippen molar-refractivity contribution in [3.8, 4) is 0 Å². The minimum absolute atomic E-state index is 0.139. The molecule has 0 aliphatic heterocycles. The number of hydrogen-bond acceptors (Lipinski definition) is 4. The van der Waals surface area contributed by atoms with Gasteiger partial charge >= 0.3 is 5.97 Å². The van der Waals surface area contributed by atoms with Gasteiger partial charge in [-0.05, 0) is 32.9 Å². The molecule has 0 saturated carbocycles. The number of carbonyl (C=O) groups is 1. The van der Waals surface area contributed by atoms with Crippen LogP contribution in [0, 0.1) is 0 Å². The highest BCUT2D eigenvalue weighted by atomic mass is 35.5. The Morgan fingerprint density at radius 2 is 1.89 bits per heavy atom. The van der Waals surface area contributed by atoms with Gasteiger partial charge in [0.25, 0.3) is 0 Å². The van der Waals surface area contributed by atoms with Crippen molar-refractivity contribution < 1.29 is 14.3 Å². The van der Waals surface area contributed by atoms with Gasteiger partial charge in [-0.1, -0.05) is 23.2 Å². The van der Waals surface area contributed by atoms with Gasteiger partial charge in [0.1, 0.15) is 6.61 Å². The third-order valence-corrected chi connectivity index (χ3v) is 2.70. The Balaban J connectivity index is 2.60. The molecule has 0 fully saturated rings. The van der Waals surface area contributed by atoms with Gasteiger partial charge in [-0.3, -0.25) is 0 Å². The fourth-order valence-corrected chi connectivity index (χ4v) is 1.81. The Bertz CT molecular complexity index is 470. The van der Waals surface area contributed by atoms with E-state index in [1.807, 2.05) is 20.8 Å². The lowest BCUT2D eigenvalue weighted by Crippen LogP contribution is -2.22. The fraction of sp³-hybridized carbons (Fsp3) is 0.462. The average molecular weight is 306 g/mol. The Morgan fingerprint density at radius 3 is 2.47 bits per heavy atom. The number of halogens is 2. The smallest absolute Gasteiger partial charge is 0.340 e. The molecule has 0 heterocycles. The number of ether oxygens (including phenoxy) is 2. The van der Waals surface area contributed by atoms with E-state index in [0.29, 0.717) is 11.6 Å². The molecule has 1 rings (SSSR count). The summed E-state index contributed by atoms with van der Waals surface area (Å²) in [4.78, 5) is 11.8. The molecular weight excluding hydrogens is 289 g/mol. The summed E-state index contributed by atoms with van der Waals surface area (Å²) in [5.74, 6) is -0.570. The number of nitrogens with two attached hydrogens (primary N) is 1. The molecule has 1 aromatic rings. The average Bonchev–Trinajstić information content (AvgIpc) is 2.27. The first-order chi connectivity index (χ1) is 8.70. The van der Waals surface area contributed by atoms with Gasteiger partial charge in [0.15, 0.2) is 0 Å². The predicted octanol–water partition coefficient (Wildman–Crippen LogP) is 3.55. The van der Waals surface area contributed by atoms with Crippen LogP contribution in [0.4, 0.5) is 5.69 Å². The number of hydrogen-bond donors (Lipinski definition) is 1. The molecule has 0 amide bonds. The summed E-state index contributed by atoms with van der Waals surface area (Å²) in [6.45, 7) is 6.21. The third kappa shape index (κ3) is 5.27. The van der Waals surface area contributed by atoms with Crippen molar-refractivity contribution in [3.05, 3.63) is 27.7 Å². The molecule has 0 radical (unpaired) electrons. The van der Waals surface area contributed by atoms with Crippen LogP contribution in [0.1, 0.15) is 31.1 Å². The predicted molar refractivity (Wildman–Crippen MR) is 76.9 cm³/mol. The zero-order valence-electron chi connectivity index (χ0n) is 11.1. The van der Waals surface area contributed by atoms with Crippen molar-refractivity contribution in [1.82, 2.24) is 0 Å². The van der Waals surface area contributed by atoms with E-state index < -0.39 is 5.97 Å². The maximum absolute atomic E-state index is 11.8. The van der Waals surface area contributed by atoms with E-state index in [9.17, 15) is 4.79 Å².